The van der Waals surface area contributed by atoms with Crippen LogP contribution >= 0.6 is 15.9 Å². The Labute approximate surface area is 126 Å². The number of sulfonamides is 1. The van der Waals surface area contributed by atoms with Crippen molar-refractivity contribution in [1.29, 1.82) is 0 Å². The van der Waals surface area contributed by atoms with Crippen LogP contribution in [0.4, 0.5) is 0 Å². The number of benzene rings is 1. The Kier molecular flexibility index (Phi) is 4.64. The number of halogens is 1. The SMILES string of the molecule is Cc1cc(CN)cc(S(=O)(=O)NCc2ccoc2)c1Br. The third kappa shape index (κ3) is 3.29. The van der Waals surface area contributed by atoms with Gasteiger partial charge in [0.15, 0.2) is 0 Å². The molecule has 1 heterocycles. The minimum Gasteiger partial charge on any atom is -0.472 e. The lowest BCUT2D eigenvalue weighted by Gasteiger charge is -2.11. The highest BCUT2D eigenvalue weighted by molar-refractivity contribution is 9.10. The van der Waals surface area contributed by atoms with Gasteiger partial charge in [0.1, 0.15) is 0 Å². The van der Waals surface area contributed by atoms with E-state index in [0.717, 1.165) is 16.7 Å². The number of hydrogen-bond donors (Lipinski definition) is 2. The first-order valence-electron chi connectivity index (χ1n) is 5.94. The summed E-state index contributed by atoms with van der Waals surface area (Å²) in [6.07, 6.45) is 3.00. The van der Waals surface area contributed by atoms with Crippen molar-refractivity contribution < 1.29 is 12.8 Å². The molecule has 0 spiro atoms. The van der Waals surface area contributed by atoms with Gasteiger partial charge >= 0.3 is 0 Å². The number of furan rings is 1. The smallest absolute Gasteiger partial charge is 0.242 e. The van der Waals surface area contributed by atoms with E-state index >= 15 is 0 Å². The van der Waals surface area contributed by atoms with Gasteiger partial charge in [-0.15, -0.1) is 0 Å². The molecule has 108 valence electrons. The van der Waals surface area contributed by atoms with E-state index in [1.165, 1.54) is 12.5 Å². The van der Waals surface area contributed by atoms with Crippen LogP contribution in [0.5, 0.6) is 0 Å². The van der Waals surface area contributed by atoms with Gasteiger partial charge in [-0.3, -0.25) is 0 Å². The summed E-state index contributed by atoms with van der Waals surface area (Å²) in [5.74, 6) is 0. The van der Waals surface area contributed by atoms with Gasteiger partial charge in [-0.2, -0.15) is 0 Å². The van der Waals surface area contributed by atoms with Crippen LogP contribution < -0.4 is 10.5 Å². The highest BCUT2D eigenvalue weighted by Crippen LogP contribution is 2.27. The fourth-order valence-electron chi connectivity index (χ4n) is 1.77. The summed E-state index contributed by atoms with van der Waals surface area (Å²) < 4.78 is 32.7. The topological polar surface area (TPSA) is 85.3 Å². The highest BCUT2D eigenvalue weighted by atomic mass is 79.9. The van der Waals surface area contributed by atoms with Crippen LogP contribution in [0.1, 0.15) is 16.7 Å². The number of nitrogens with one attached hydrogen (secondary N) is 1. The zero-order valence-electron chi connectivity index (χ0n) is 10.9. The van der Waals surface area contributed by atoms with E-state index in [1.54, 1.807) is 12.1 Å². The van der Waals surface area contributed by atoms with Gasteiger partial charge in [0.2, 0.25) is 10.0 Å². The van der Waals surface area contributed by atoms with Crippen molar-refractivity contribution in [2.24, 2.45) is 5.73 Å². The predicted molar refractivity (Wildman–Crippen MR) is 79.5 cm³/mol. The van der Waals surface area contributed by atoms with Gasteiger partial charge in [-0.05, 0) is 46.1 Å². The number of aryl methyl sites for hydroxylation is 1. The monoisotopic (exact) mass is 358 g/mol. The second-order valence-corrected chi connectivity index (χ2v) is 6.91. The molecule has 1 aromatic carbocycles. The molecular weight excluding hydrogens is 344 g/mol. The van der Waals surface area contributed by atoms with E-state index < -0.39 is 10.0 Å². The lowest BCUT2D eigenvalue weighted by molar-refractivity contribution is 0.561. The standard InChI is InChI=1S/C13H15BrN2O3S/c1-9-4-11(6-15)5-12(13(9)14)20(17,18)16-7-10-2-3-19-8-10/h2-5,8,16H,6-7,15H2,1H3. The Hall–Kier alpha value is -1.15. The van der Waals surface area contributed by atoms with Crippen molar-refractivity contribution in [2.45, 2.75) is 24.9 Å². The molecule has 0 bridgehead atoms. The molecule has 2 aromatic rings. The summed E-state index contributed by atoms with van der Waals surface area (Å²) >= 11 is 3.32. The summed E-state index contributed by atoms with van der Waals surface area (Å²) in [7, 11) is -3.62. The van der Waals surface area contributed by atoms with E-state index in [9.17, 15) is 8.42 Å². The van der Waals surface area contributed by atoms with E-state index in [4.69, 9.17) is 10.2 Å². The first-order chi connectivity index (χ1) is 9.44. The largest absolute Gasteiger partial charge is 0.472 e. The van der Waals surface area contributed by atoms with Gasteiger partial charge in [-0.1, -0.05) is 6.07 Å². The average Bonchev–Trinajstić information content (AvgIpc) is 2.92. The molecule has 0 aliphatic rings. The molecule has 0 saturated heterocycles. The van der Waals surface area contributed by atoms with E-state index in [-0.39, 0.29) is 11.4 Å². The van der Waals surface area contributed by atoms with E-state index in [2.05, 4.69) is 20.7 Å². The maximum atomic E-state index is 12.4. The minimum absolute atomic E-state index is 0.178. The average molecular weight is 359 g/mol. The molecular formula is C13H15BrN2O3S. The maximum absolute atomic E-state index is 12.4. The number of nitrogens with two attached hydrogens (primary N) is 1. The van der Waals surface area contributed by atoms with Crippen molar-refractivity contribution in [1.82, 2.24) is 4.72 Å². The Balaban J connectivity index is 2.31. The van der Waals surface area contributed by atoms with Crippen LogP contribution in [-0.2, 0) is 23.1 Å². The molecule has 1 aromatic heterocycles. The van der Waals surface area contributed by atoms with E-state index in [0.29, 0.717) is 11.0 Å². The lowest BCUT2D eigenvalue weighted by atomic mass is 10.1. The van der Waals surface area contributed by atoms with Crippen molar-refractivity contribution in [3.05, 3.63) is 51.9 Å². The van der Waals surface area contributed by atoms with Crippen LogP contribution in [0.3, 0.4) is 0 Å². The molecule has 0 aliphatic heterocycles. The summed E-state index contributed by atoms with van der Waals surface area (Å²) in [5.41, 5.74) is 7.95. The summed E-state index contributed by atoms with van der Waals surface area (Å²) in [5, 5.41) is 0. The van der Waals surface area contributed by atoms with Crippen LogP contribution in [0.25, 0.3) is 0 Å². The first kappa shape index (κ1) is 15.2. The van der Waals surface area contributed by atoms with Crippen molar-refractivity contribution >= 4 is 26.0 Å². The van der Waals surface area contributed by atoms with Gasteiger partial charge < -0.3 is 10.2 Å². The molecule has 0 radical (unpaired) electrons. The quantitative estimate of drug-likeness (QED) is 0.858. The molecule has 0 atom stereocenters. The molecule has 0 amide bonds. The van der Waals surface area contributed by atoms with Gasteiger partial charge in [0.05, 0.1) is 17.4 Å². The minimum atomic E-state index is -3.62. The second-order valence-electron chi connectivity index (χ2n) is 4.39. The van der Waals surface area contributed by atoms with Crippen LogP contribution in [0.15, 0.2) is 44.5 Å². The third-order valence-electron chi connectivity index (χ3n) is 2.85. The van der Waals surface area contributed by atoms with Gasteiger partial charge in [0, 0.05) is 23.1 Å². The fraction of sp³-hybridized carbons (Fsp3) is 0.231. The molecule has 7 heteroatoms. The summed E-state index contributed by atoms with van der Waals surface area (Å²) in [6.45, 7) is 2.30. The molecule has 0 unspecified atom stereocenters. The Bertz CT molecular complexity index is 697. The molecule has 5 nitrogen and oxygen atoms in total. The van der Waals surface area contributed by atoms with Crippen molar-refractivity contribution in [3.8, 4) is 0 Å². The molecule has 20 heavy (non-hydrogen) atoms. The molecule has 0 fully saturated rings. The van der Waals surface area contributed by atoms with Crippen LogP contribution in [0, 0.1) is 6.92 Å². The van der Waals surface area contributed by atoms with Crippen molar-refractivity contribution in [3.63, 3.8) is 0 Å². The van der Waals surface area contributed by atoms with Crippen LogP contribution in [0.2, 0.25) is 0 Å². The maximum Gasteiger partial charge on any atom is 0.242 e. The third-order valence-corrected chi connectivity index (χ3v) is 5.59. The first-order valence-corrected chi connectivity index (χ1v) is 8.21. The Morgan fingerprint density at radius 3 is 2.70 bits per heavy atom. The number of hydrogen-bond acceptors (Lipinski definition) is 4. The van der Waals surface area contributed by atoms with Gasteiger partial charge in [0.25, 0.3) is 0 Å². The number of rotatable bonds is 5. The Morgan fingerprint density at radius 2 is 2.10 bits per heavy atom. The van der Waals surface area contributed by atoms with Crippen LogP contribution in [-0.4, -0.2) is 8.42 Å². The normalized spacial score (nSPS) is 11.8. The second kappa shape index (κ2) is 6.09. The zero-order chi connectivity index (χ0) is 14.8. The summed E-state index contributed by atoms with van der Waals surface area (Å²) in [4.78, 5) is 0.196. The summed E-state index contributed by atoms with van der Waals surface area (Å²) in [6, 6.07) is 5.15. The zero-order valence-corrected chi connectivity index (χ0v) is 13.3. The molecule has 0 saturated carbocycles. The van der Waals surface area contributed by atoms with E-state index in [1.807, 2.05) is 13.0 Å². The fourth-order valence-corrected chi connectivity index (χ4v) is 3.86. The predicted octanol–water partition coefficient (Wildman–Crippen LogP) is 2.29. The molecule has 3 N–H and O–H groups in total. The lowest BCUT2D eigenvalue weighted by Crippen LogP contribution is -2.24. The van der Waals surface area contributed by atoms with Gasteiger partial charge in [-0.25, -0.2) is 13.1 Å². The highest BCUT2D eigenvalue weighted by Gasteiger charge is 2.19. The van der Waals surface area contributed by atoms with Crippen molar-refractivity contribution in [2.75, 3.05) is 0 Å². The molecule has 0 aliphatic carbocycles. The molecule has 2 rings (SSSR count). The Morgan fingerprint density at radius 1 is 1.35 bits per heavy atom.